The Labute approximate surface area is 240 Å². The second kappa shape index (κ2) is 11.0. The van der Waals surface area contributed by atoms with Crippen molar-refractivity contribution in [1.29, 1.82) is 0 Å². The summed E-state index contributed by atoms with van der Waals surface area (Å²) in [5, 5.41) is 2.35. The Bertz CT molecular complexity index is 1680. The standard InChI is InChI=1S/C27H15Cl4NO5S/c1-2-35-21-10-13(3-8-20(21)36-26(33)16-6-4-14(28)11-18(16)30)9-19-27(34)37-25(32-19)24-23(31)17-7-5-15(29)12-22(17)38-24/h3-12H,2H2,1H3/b19-9+. The molecule has 0 amide bonds. The zero-order valence-electron chi connectivity index (χ0n) is 19.4. The fraction of sp³-hybridized carbons (Fsp3) is 0.0741. The summed E-state index contributed by atoms with van der Waals surface area (Å²) < 4.78 is 17.4. The average molecular weight is 607 g/mol. The lowest BCUT2D eigenvalue weighted by atomic mass is 10.1. The van der Waals surface area contributed by atoms with Gasteiger partial charge in [0.2, 0.25) is 5.90 Å². The molecule has 6 nitrogen and oxygen atoms in total. The van der Waals surface area contributed by atoms with Crippen LogP contribution in [0.2, 0.25) is 20.1 Å². The minimum absolute atomic E-state index is 0.0756. The third-order valence-corrected chi connectivity index (χ3v) is 7.76. The fourth-order valence-electron chi connectivity index (χ4n) is 3.62. The van der Waals surface area contributed by atoms with Crippen molar-refractivity contribution in [3.63, 3.8) is 0 Å². The summed E-state index contributed by atoms with van der Waals surface area (Å²) in [6.45, 7) is 2.10. The first-order valence-corrected chi connectivity index (χ1v) is 13.4. The molecular formula is C27H15Cl4NO5S. The van der Waals surface area contributed by atoms with Crippen molar-refractivity contribution < 1.29 is 23.8 Å². The van der Waals surface area contributed by atoms with Gasteiger partial charge in [-0.1, -0.05) is 58.5 Å². The van der Waals surface area contributed by atoms with Crippen molar-refractivity contribution in [2.45, 2.75) is 6.92 Å². The molecule has 3 aromatic carbocycles. The highest BCUT2D eigenvalue weighted by Crippen LogP contribution is 2.39. The van der Waals surface area contributed by atoms with Crippen molar-refractivity contribution >= 4 is 91.7 Å². The Balaban J connectivity index is 1.43. The van der Waals surface area contributed by atoms with E-state index in [2.05, 4.69) is 4.99 Å². The molecule has 1 aliphatic heterocycles. The van der Waals surface area contributed by atoms with E-state index in [9.17, 15) is 9.59 Å². The zero-order chi connectivity index (χ0) is 27.0. The molecule has 0 saturated carbocycles. The molecule has 4 aromatic rings. The number of aliphatic imine (C=N–C) groups is 1. The number of carbonyl (C=O) groups is 2. The molecule has 0 atom stereocenters. The van der Waals surface area contributed by atoms with E-state index in [1.807, 2.05) is 0 Å². The average Bonchev–Trinajstić information content (AvgIpc) is 3.39. The Morgan fingerprint density at radius 1 is 1.00 bits per heavy atom. The Hall–Kier alpha value is -3.07. The van der Waals surface area contributed by atoms with E-state index < -0.39 is 11.9 Å². The summed E-state index contributed by atoms with van der Waals surface area (Å²) in [6.07, 6.45) is 1.54. The van der Waals surface area contributed by atoms with Gasteiger partial charge in [-0.25, -0.2) is 14.6 Å². The molecule has 5 rings (SSSR count). The number of benzene rings is 3. The Morgan fingerprint density at radius 3 is 2.53 bits per heavy atom. The number of esters is 2. The van der Waals surface area contributed by atoms with Crippen LogP contribution >= 0.6 is 57.7 Å². The van der Waals surface area contributed by atoms with E-state index in [4.69, 9.17) is 60.6 Å². The Kier molecular flexibility index (Phi) is 7.66. The smallest absolute Gasteiger partial charge is 0.363 e. The van der Waals surface area contributed by atoms with Gasteiger partial charge < -0.3 is 14.2 Å². The number of nitrogens with zero attached hydrogens (tertiary/aromatic N) is 1. The molecule has 2 heterocycles. The molecule has 192 valence electrons. The minimum atomic E-state index is -0.672. The van der Waals surface area contributed by atoms with Gasteiger partial charge in [-0.3, -0.25) is 0 Å². The molecule has 0 spiro atoms. The maximum Gasteiger partial charge on any atom is 0.363 e. The molecule has 0 unspecified atom stereocenters. The first kappa shape index (κ1) is 26.5. The van der Waals surface area contributed by atoms with Crippen molar-refractivity contribution in [2.24, 2.45) is 4.99 Å². The van der Waals surface area contributed by atoms with Gasteiger partial charge in [-0.2, -0.15) is 0 Å². The van der Waals surface area contributed by atoms with Crippen molar-refractivity contribution in [3.8, 4) is 11.5 Å². The number of cyclic esters (lactones) is 1. The van der Waals surface area contributed by atoms with E-state index in [0.717, 1.165) is 10.1 Å². The summed E-state index contributed by atoms with van der Waals surface area (Å²) in [4.78, 5) is 30.2. The number of ether oxygens (including phenoxy) is 3. The Morgan fingerprint density at radius 2 is 1.76 bits per heavy atom. The SMILES string of the molecule is CCOc1cc(/C=C2/N=C(c3sc4cc(Cl)ccc4c3Cl)OC2=O)ccc1OC(=O)c1ccc(Cl)cc1Cl. The van der Waals surface area contributed by atoms with Gasteiger partial charge in [0, 0.05) is 20.1 Å². The minimum Gasteiger partial charge on any atom is -0.490 e. The molecule has 0 aliphatic carbocycles. The lowest BCUT2D eigenvalue weighted by molar-refractivity contribution is -0.129. The number of carbonyl (C=O) groups excluding carboxylic acids is 2. The van der Waals surface area contributed by atoms with Gasteiger partial charge >= 0.3 is 11.9 Å². The van der Waals surface area contributed by atoms with Crippen LogP contribution in [0, 0.1) is 0 Å². The summed E-state index contributed by atoms with van der Waals surface area (Å²) in [5.41, 5.74) is 0.804. The summed E-state index contributed by atoms with van der Waals surface area (Å²) in [6, 6.07) is 14.6. The van der Waals surface area contributed by atoms with Gasteiger partial charge in [0.1, 0.15) is 4.88 Å². The first-order valence-electron chi connectivity index (χ1n) is 11.1. The van der Waals surface area contributed by atoms with E-state index in [0.29, 0.717) is 37.9 Å². The second-order valence-corrected chi connectivity index (χ2v) is 10.6. The van der Waals surface area contributed by atoms with Crippen molar-refractivity contribution in [3.05, 3.63) is 96.4 Å². The number of fused-ring (bicyclic) bond motifs is 1. The van der Waals surface area contributed by atoms with Gasteiger partial charge in [-0.05, 0) is 61.0 Å². The monoisotopic (exact) mass is 605 g/mol. The lowest BCUT2D eigenvalue weighted by Crippen LogP contribution is -2.10. The predicted molar refractivity (Wildman–Crippen MR) is 151 cm³/mol. The zero-order valence-corrected chi connectivity index (χ0v) is 23.2. The first-order chi connectivity index (χ1) is 18.2. The van der Waals surface area contributed by atoms with Crippen molar-refractivity contribution in [2.75, 3.05) is 6.61 Å². The number of hydrogen-bond donors (Lipinski definition) is 0. The van der Waals surface area contributed by atoms with Crippen LogP contribution in [0.25, 0.3) is 16.2 Å². The second-order valence-electron chi connectivity index (χ2n) is 7.87. The molecule has 0 saturated heterocycles. The largest absolute Gasteiger partial charge is 0.490 e. The van der Waals surface area contributed by atoms with Crippen LogP contribution < -0.4 is 9.47 Å². The van der Waals surface area contributed by atoms with Crippen LogP contribution in [0.4, 0.5) is 0 Å². The normalized spacial score (nSPS) is 14.1. The third kappa shape index (κ3) is 5.39. The van der Waals surface area contributed by atoms with Gasteiger partial charge in [-0.15, -0.1) is 11.3 Å². The van der Waals surface area contributed by atoms with Crippen LogP contribution in [-0.2, 0) is 9.53 Å². The van der Waals surface area contributed by atoms with Crippen LogP contribution in [0.15, 0.2) is 65.3 Å². The van der Waals surface area contributed by atoms with Crippen LogP contribution in [-0.4, -0.2) is 24.4 Å². The highest BCUT2D eigenvalue weighted by Gasteiger charge is 2.28. The molecule has 1 aromatic heterocycles. The molecular weight excluding hydrogens is 592 g/mol. The molecule has 38 heavy (non-hydrogen) atoms. The molecule has 0 bridgehead atoms. The van der Waals surface area contributed by atoms with E-state index in [-0.39, 0.29) is 27.9 Å². The van der Waals surface area contributed by atoms with Crippen molar-refractivity contribution in [1.82, 2.24) is 0 Å². The van der Waals surface area contributed by atoms with E-state index in [1.165, 1.54) is 29.5 Å². The third-order valence-electron chi connectivity index (χ3n) is 5.33. The number of halogens is 4. The number of rotatable bonds is 6. The van der Waals surface area contributed by atoms with Crippen LogP contribution in [0.1, 0.15) is 27.7 Å². The number of hydrogen-bond acceptors (Lipinski definition) is 7. The van der Waals surface area contributed by atoms with Gasteiger partial charge in [0.05, 0.1) is 22.2 Å². The molecule has 1 aliphatic rings. The molecule has 11 heteroatoms. The molecule has 0 radical (unpaired) electrons. The lowest BCUT2D eigenvalue weighted by Gasteiger charge is -2.12. The van der Waals surface area contributed by atoms with Gasteiger partial charge in [0.15, 0.2) is 17.2 Å². The summed E-state index contributed by atoms with van der Waals surface area (Å²) >= 11 is 26.0. The van der Waals surface area contributed by atoms with E-state index in [1.54, 1.807) is 49.4 Å². The maximum absolute atomic E-state index is 12.7. The fourth-order valence-corrected chi connectivity index (χ4v) is 5.82. The number of thiophene rings is 1. The van der Waals surface area contributed by atoms with E-state index >= 15 is 0 Å². The summed E-state index contributed by atoms with van der Waals surface area (Å²) in [5.74, 6) is -0.718. The molecule has 0 fully saturated rings. The topological polar surface area (TPSA) is 74.2 Å². The van der Waals surface area contributed by atoms with Gasteiger partial charge in [0.25, 0.3) is 0 Å². The highest BCUT2D eigenvalue weighted by molar-refractivity contribution is 7.21. The van der Waals surface area contributed by atoms with Crippen LogP contribution in [0.3, 0.4) is 0 Å². The maximum atomic E-state index is 12.7. The summed E-state index contributed by atoms with van der Waals surface area (Å²) in [7, 11) is 0. The highest BCUT2D eigenvalue weighted by atomic mass is 35.5. The predicted octanol–water partition coefficient (Wildman–Crippen LogP) is 8.48. The molecule has 0 N–H and O–H groups in total. The van der Waals surface area contributed by atoms with Crippen LogP contribution in [0.5, 0.6) is 11.5 Å². The quantitative estimate of drug-likeness (QED) is 0.125.